The van der Waals surface area contributed by atoms with Gasteiger partial charge < -0.3 is 5.73 Å². The van der Waals surface area contributed by atoms with E-state index in [-0.39, 0.29) is 6.04 Å². The van der Waals surface area contributed by atoms with E-state index >= 15 is 0 Å². The van der Waals surface area contributed by atoms with E-state index in [4.69, 9.17) is 5.73 Å². The van der Waals surface area contributed by atoms with Gasteiger partial charge in [-0.05, 0) is 24.5 Å². The van der Waals surface area contributed by atoms with Gasteiger partial charge in [0.2, 0.25) is 0 Å². The van der Waals surface area contributed by atoms with Gasteiger partial charge in [0.1, 0.15) is 0 Å². The highest BCUT2D eigenvalue weighted by molar-refractivity contribution is 6.08. The number of fused-ring (bicyclic) bond motifs is 3. The van der Waals surface area contributed by atoms with E-state index in [0.29, 0.717) is 0 Å². The Bertz CT molecular complexity index is 764. The van der Waals surface area contributed by atoms with Crippen LogP contribution >= 0.6 is 0 Å². The van der Waals surface area contributed by atoms with Crippen LogP contribution in [0.1, 0.15) is 18.5 Å². The van der Waals surface area contributed by atoms with Crippen LogP contribution in [0.15, 0.2) is 24.5 Å². The Morgan fingerprint density at radius 2 is 2.22 bits per heavy atom. The minimum Gasteiger partial charge on any atom is -0.324 e. The van der Waals surface area contributed by atoms with Crippen LogP contribution in [0.25, 0.3) is 27.5 Å². The van der Waals surface area contributed by atoms with Gasteiger partial charge in [0.25, 0.3) is 0 Å². The van der Waals surface area contributed by atoms with Crippen molar-refractivity contribution in [2.45, 2.75) is 18.9 Å². The highest BCUT2D eigenvalue weighted by Crippen LogP contribution is 2.33. The summed E-state index contributed by atoms with van der Waals surface area (Å²) in [6.07, 6.45) is 7.79. The van der Waals surface area contributed by atoms with Gasteiger partial charge in [0, 0.05) is 23.0 Å². The summed E-state index contributed by atoms with van der Waals surface area (Å²) in [6, 6.07) is 2.18. The van der Waals surface area contributed by atoms with Crippen molar-refractivity contribution >= 4 is 27.5 Å². The predicted octanol–water partition coefficient (Wildman–Crippen LogP) is 1.94. The Kier molecular flexibility index (Phi) is 1.87. The normalized spacial score (nSPS) is 19.8. The molecule has 0 aliphatic heterocycles. The van der Waals surface area contributed by atoms with Crippen LogP contribution in [0.4, 0.5) is 0 Å². The van der Waals surface area contributed by atoms with Crippen molar-refractivity contribution in [3.05, 3.63) is 30.2 Å². The third-order valence-corrected chi connectivity index (χ3v) is 3.59. The maximum absolute atomic E-state index is 5.94. The number of hydrogen-bond donors (Lipinski definition) is 3. The number of hydrogen-bond acceptors (Lipinski definition) is 3. The van der Waals surface area contributed by atoms with Crippen LogP contribution in [0, 0.1) is 0 Å². The molecular formula is C13H13N5. The first-order valence-electron chi connectivity index (χ1n) is 6.09. The first-order valence-corrected chi connectivity index (χ1v) is 6.09. The zero-order chi connectivity index (χ0) is 12.1. The summed E-state index contributed by atoms with van der Waals surface area (Å²) < 4.78 is 0. The zero-order valence-corrected chi connectivity index (χ0v) is 9.77. The summed E-state index contributed by atoms with van der Waals surface area (Å²) in [5, 5.41) is 8.66. The van der Waals surface area contributed by atoms with Gasteiger partial charge in [-0.25, -0.2) is 9.97 Å². The number of aromatic amines is 2. The van der Waals surface area contributed by atoms with Crippen LogP contribution in [-0.2, 0) is 0 Å². The lowest BCUT2D eigenvalue weighted by Gasteiger charge is -1.99. The number of rotatable bonds is 1. The molecule has 5 heteroatoms. The number of pyridine rings is 1. The van der Waals surface area contributed by atoms with E-state index in [9.17, 15) is 0 Å². The lowest BCUT2D eigenvalue weighted by Crippen LogP contribution is -2.11. The van der Waals surface area contributed by atoms with E-state index < -0.39 is 0 Å². The molecular weight excluding hydrogens is 226 g/mol. The Balaban J connectivity index is 2.06. The topological polar surface area (TPSA) is 83.4 Å². The Morgan fingerprint density at radius 1 is 1.28 bits per heavy atom. The van der Waals surface area contributed by atoms with Gasteiger partial charge in [-0.1, -0.05) is 6.08 Å². The SMILES string of the molecule is N[C@@H]1C=C(c2[nH][nH]c3cnc4nccc4c23)CC1. The number of nitrogens with two attached hydrogens (primary N) is 1. The molecule has 90 valence electrons. The average molecular weight is 239 g/mol. The third kappa shape index (κ3) is 1.25. The first kappa shape index (κ1) is 9.85. The summed E-state index contributed by atoms with van der Waals surface area (Å²) in [5.74, 6) is 0. The molecule has 4 N–H and O–H groups in total. The number of aromatic nitrogens is 4. The molecule has 0 saturated carbocycles. The summed E-state index contributed by atoms with van der Waals surface area (Å²) >= 11 is 0. The van der Waals surface area contributed by atoms with Crippen LogP contribution in [0.2, 0.25) is 0 Å². The molecule has 4 rings (SSSR count). The van der Waals surface area contributed by atoms with Gasteiger partial charge in [-0.2, -0.15) is 0 Å². The summed E-state index contributed by atoms with van der Waals surface area (Å²) in [6.45, 7) is 0. The molecule has 0 spiro atoms. The number of nitrogens with zero attached hydrogens (tertiary/aromatic N) is 2. The Labute approximate surface area is 103 Å². The monoisotopic (exact) mass is 239 g/mol. The highest BCUT2D eigenvalue weighted by Gasteiger charge is 2.18. The molecule has 18 heavy (non-hydrogen) atoms. The molecule has 0 amide bonds. The average Bonchev–Trinajstić information content (AvgIpc) is 3.03. The molecule has 3 aromatic heterocycles. The van der Waals surface area contributed by atoms with E-state index in [0.717, 1.165) is 40.5 Å². The van der Waals surface area contributed by atoms with Crippen molar-refractivity contribution in [1.82, 2.24) is 20.2 Å². The van der Waals surface area contributed by atoms with E-state index in [1.54, 1.807) is 6.20 Å². The molecule has 0 unspecified atom stereocenters. The van der Waals surface area contributed by atoms with Gasteiger partial charge in [0.05, 0.1) is 17.4 Å². The van der Waals surface area contributed by atoms with E-state index in [1.165, 1.54) is 5.57 Å². The largest absolute Gasteiger partial charge is 0.324 e. The molecule has 0 radical (unpaired) electrons. The van der Waals surface area contributed by atoms with Crippen LogP contribution in [-0.4, -0.2) is 26.2 Å². The fourth-order valence-electron chi connectivity index (χ4n) is 2.71. The van der Waals surface area contributed by atoms with Crippen LogP contribution in [0.3, 0.4) is 0 Å². The van der Waals surface area contributed by atoms with Crippen molar-refractivity contribution < 1.29 is 0 Å². The molecule has 0 bridgehead atoms. The first-order chi connectivity index (χ1) is 8.83. The minimum absolute atomic E-state index is 0.175. The van der Waals surface area contributed by atoms with Gasteiger partial charge in [-0.15, -0.1) is 0 Å². The lowest BCUT2D eigenvalue weighted by molar-refractivity contribution is 0.782. The van der Waals surface area contributed by atoms with Crippen LogP contribution < -0.4 is 5.73 Å². The lowest BCUT2D eigenvalue weighted by atomic mass is 10.1. The molecule has 1 atom stereocenters. The quantitative estimate of drug-likeness (QED) is 0.606. The van der Waals surface area contributed by atoms with E-state index in [2.05, 4.69) is 26.2 Å². The molecule has 5 nitrogen and oxygen atoms in total. The van der Waals surface area contributed by atoms with E-state index in [1.807, 2.05) is 12.3 Å². The van der Waals surface area contributed by atoms with Crippen molar-refractivity contribution in [3.63, 3.8) is 0 Å². The third-order valence-electron chi connectivity index (χ3n) is 3.59. The molecule has 1 aliphatic carbocycles. The van der Waals surface area contributed by atoms with Gasteiger partial charge in [-0.3, -0.25) is 10.2 Å². The predicted molar refractivity (Wildman–Crippen MR) is 70.9 cm³/mol. The van der Waals surface area contributed by atoms with Gasteiger partial charge >= 0.3 is 0 Å². The number of H-pyrrole nitrogens is 2. The molecule has 0 saturated heterocycles. The van der Waals surface area contributed by atoms with Crippen molar-refractivity contribution in [2.75, 3.05) is 0 Å². The number of nitrogens with one attached hydrogen (secondary N) is 2. The van der Waals surface area contributed by atoms with Crippen molar-refractivity contribution in [1.29, 1.82) is 0 Å². The van der Waals surface area contributed by atoms with Crippen LogP contribution in [0.5, 0.6) is 0 Å². The summed E-state index contributed by atoms with van der Waals surface area (Å²) in [4.78, 5) is 8.57. The highest BCUT2D eigenvalue weighted by atomic mass is 15.1. The van der Waals surface area contributed by atoms with Crippen molar-refractivity contribution in [2.24, 2.45) is 5.73 Å². The molecule has 0 fully saturated rings. The zero-order valence-electron chi connectivity index (χ0n) is 9.77. The maximum Gasteiger partial charge on any atom is 0.159 e. The second-order valence-electron chi connectivity index (χ2n) is 4.75. The second-order valence-corrected chi connectivity index (χ2v) is 4.75. The second kappa shape index (κ2) is 3.43. The molecule has 3 aromatic rings. The minimum atomic E-state index is 0.175. The molecule has 0 aromatic carbocycles. The molecule has 3 heterocycles. The smallest absolute Gasteiger partial charge is 0.159 e. The van der Waals surface area contributed by atoms with Crippen molar-refractivity contribution in [3.8, 4) is 0 Å². The fraction of sp³-hybridized carbons (Fsp3) is 0.231. The summed E-state index contributed by atoms with van der Waals surface area (Å²) in [7, 11) is 0. The summed E-state index contributed by atoms with van der Waals surface area (Å²) in [5.41, 5.74) is 10.1. The Hall–Kier alpha value is -2.14. The van der Waals surface area contributed by atoms with Gasteiger partial charge in [0.15, 0.2) is 5.65 Å². The standard InChI is InChI=1S/C13H13N5/c14-8-2-1-7(5-8)12-11-9-3-4-15-13(9)16-6-10(11)17-18-12/h3-6,8,17-18H,1-2,14H2/t8-/m0/s1. The maximum atomic E-state index is 5.94. The molecule has 1 aliphatic rings. The number of allylic oxidation sites excluding steroid dienone is 1. The Morgan fingerprint density at radius 3 is 3.06 bits per heavy atom. The fourth-order valence-corrected chi connectivity index (χ4v) is 2.71.